The summed E-state index contributed by atoms with van der Waals surface area (Å²) in [6, 6.07) is 8.60. The second-order valence-electron chi connectivity index (χ2n) is 3.99. The minimum absolute atomic E-state index is 0.0569. The van der Waals surface area contributed by atoms with E-state index in [-0.39, 0.29) is 15.7 Å². The summed E-state index contributed by atoms with van der Waals surface area (Å²) < 4.78 is 27.0. The first-order chi connectivity index (χ1) is 9.00. The van der Waals surface area contributed by atoms with E-state index in [1.807, 2.05) is 0 Å². The summed E-state index contributed by atoms with van der Waals surface area (Å²) in [6.45, 7) is 1.68. The summed E-state index contributed by atoms with van der Waals surface area (Å²) in [4.78, 5) is 12.0. The molecule has 0 fully saturated rings. The molecule has 1 amide bonds. The second kappa shape index (κ2) is 5.48. The van der Waals surface area contributed by atoms with Crippen molar-refractivity contribution in [1.29, 1.82) is 0 Å². The van der Waals surface area contributed by atoms with Gasteiger partial charge in [-0.25, -0.2) is 8.78 Å². The molecular formula is C14H10BrF2NO. The molecule has 0 aromatic heterocycles. The Morgan fingerprint density at radius 3 is 2.42 bits per heavy atom. The van der Waals surface area contributed by atoms with Crippen molar-refractivity contribution in [2.75, 3.05) is 5.32 Å². The number of para-hydroxylation sites is 1. The first-order valence-corrected chi connectivity index (χ1v) is 6.30. The van der Waals surface area contributed by atoms with Gasteiger partial charge >= 0.3 is 0 Å². The number of carbonyl (C=O) groups excluding carboxylic acids is 1. The molecular weight excluding hydrogens is 316 g/mol. The minimum Gasteiger partial charge on any atom is -0.319 e. The Labute approximate surface area is 117 Å². The van der Waals surface area contributed by atoms with Crippen LogP contribution in [0.25, 0.3) is 0 Å². The van der Waals surface area contributed by atoms with Gasteiger partial charge < -0.3 is 5.32 Å². The van der Waals surface area contributed by atoms with Crippen LogP contribution in [0.2, 0.25) is 0 Å². The molecule has 0 spiro atoms. The van der Waals surface area contributed by atoms with Gasteiger partial charge in [0.25, 0.3) is 5.91 Å². The van der Waals surface area contributed by atoms with Gasteiger partial charge in [0, 0.05) is 0 Å². The highest BCUT2D eigenvalue weighted by molar-refractivity contribution is 9.10. The Morgan fingerprint density at radius 1 is 1.11 bits per heavy atom. The van der Waals surface area contributed by atoms with Gasteiger partial charge in [0.05, 0.1) is 15.7 Å². The van der Waals surface area contributed by atoms with Crippen LogP contribution in [-0.2, 0) is 0 Å². The number of nitrogens with one attached hydrogen (secondary N) is 1. The Bertz CT molecular complexity index is 623. The van der Waals surface area contributed by atoms with Crippen LogP contribution >= 0.6 is 15.9 Å². The van der Waals surface area contributed by atoms with E-state index in [0.717, 1.165) is 0 Å². The molecule has 0 saturated carbocycles. The van der Waals surface area contributed by atoms with Crippen molar-refractivity contribution in [3.05, 3.63) is 63.6 Å². The van der Waals surface area contributed by atoms with Crippen LogP contribution < -0.4 is 5.32 Å². The number of benzene rings is 2. The van der Waals surface area contributed by atoms with E-state index in [9.17, 15) is 13.6 Å². The van der Waals surface area contributed by atoms with Gasteiger partial charge in [-0.05, 0) is 46.6 Å². The molecule has 0 aliphatic carbocycles. The zero-order valence-corrected chi connectivity index (χ0v) is 11.6. The normalized spacial score (nSPS) is 10.3. The van der Waals surface area contributed by atoms with Gasteiger partial charge in [-0.2, -0.15) is 0 Å². The van der Waals surface area contributed by atoms with Crippen molar-refractivity contribution >= 4 is 27.5 Å². The molecule has 2 aromatic carbocycles. The monoisotopic (exact) mass is 325 g/mol. The zero-order valence-electron chi connectivity index (χ0n) is 10.0. The number of carbonyl (C=O) groups is 1. The quantitative estimate of drug-likeness (QED) is 0.876. The fourth-order valence-electron chi connectivity index (χ4n) is 1.65. The third-order valence-electron chi connectivity index (χ3n) is 2.66. The fourth-order valence-corrected chi connectivity index (χ4v) is 2.09. The average Bonchev–Trinajstić information content (AvgIpc) is 2.37. The molecule has 98 valence electrons. The van der Waals surface area contributed by atoms with Gasteiger partial charge in [0.15, 0.2) is 0 Å². The fraction of sp³-hybridized carbons (Fsp3) is 0.0714. The third-order valence-corrected chi connectivity index (χ3v) is 3.46. The van der Waals surface area contributed by atoms with E-state index < -0.39 is 17.5 Å². The summed E-state index contributed by atoms with van der Waals surface area (Å²) >= 11 is 3.00. The summed E-state index contributed by atoms with van der Waals surface area (Å²) in [5, 5.41) is 2.45. The number of aryl methyl sites for hydroxylation is 1. The molecule has 2 nitrogen and oxygen atoms in total. The minimum atomic E-state index is -0.570. The molecule has 0 bridgehead atoms. The lowest BCUT2D eigenvalue weighted by Gasteiger charge is -2.10. The predicted molar refractivity (Wildman–Crippen MR) is 73.2 cm³/mol. The Balaban J connectivity index is 2.34. The lowest BCUT2D eigenvalue weighted by atomic mass is 10.1. The second-order valence-corrected chi connectivity index (χ2v) is 4.78. The number of anilines is 1. The summed E-state index contributed by atoms with van der Waals surface area (Å²) in [6.07, 6.45) is 0. The predicted octanol–water partition coefficient (Wildman–Crippen LogP) is 4.29. The smallest absolute Gasteiger partial charge is 0.257 e. The van der Waals surface area contributed by atoms with Gasteiger partial charge in [0.2, 0.25) is 0 Å². The standard InChI is InChI=1S/C14H10BrF2NO/c1-8-4-2-7-11(17)13(8)18-14(19)9-5-3-6-10(16)12(9)15/h2-7H,1H3,(H,18,19). The first-order valence-electron chi connectivity index (χ1n) is 5.51. The Kier molecular flexibility index (Phi) is 3.95. The van der Waals surface area contributed by atoms with Gasteiger partial charge in [-0.1, -0.05) is 18.2 Å². The van der Waals surface area contributed by atoms with Crippen LogP contribution in [0, 0.1) is 18.6 Å². The van der Waals surface area contributed by atoms with Gasteiger partial charge in [0.1, 0.15) is 11.6 Å². The van der Waals surface area contributed by atoms with Crippen LogP contribution in [-0.4, -0.2) is 5.91 Å². The van der Waals surface area contributed by atoms with Crippen molar-refractivity contribution in [1.82, 2.24) is 0 Å². The van der Waals surface area contributed by atoms with Crippen LogP contribution in [0.5, 0.6) is 0 Å². The lowest BCUT2D eigenvalue weighted by molar-refractivity contribution is 0.102. The summed E-state index contributed by atoms with van der Waals surface area (Å²) in [7, 11) is 0. The number of halogens is 3. The number of hydrogen-bond acceptors (Lipinski definition) is 1. The van der Waals surface area contributed by atoms with Crippen molar-refractivity contribution in [3.63, 3.8) is 0 Å². The highest BCUT2D eigenvalue weighted by atomic mass is 79.9. The van der Waals surface area contributed by atoms with Crippen molar-refractivity contribution in [3.8, 4) is 0 Å². The molecule has 19 heavy (non-hydrogen) atoms. The van der Waals surface area contributed by atoms with E-state index >= 15 is 0 Å². The highest BCUT2D eigenvalue weighted by Crippen LogP contribution is 2.24. The number of rotatable bonds is 2. The van der Waals surface area contributed by atoms with Crippen molar-refractivity contribution < 1.29 is 13.6 Å². The topological polar surface area (TPSA) is 29.1 Å². The molecule has 0 aliphatic rings. The Morgan fingerprint density at radius 2 is 1.74 bits per heavy atom. The Hall–Kier alpha value is -1.75. The molecule has 0 heterocycles. The van der Waals surface area contributed by atoms with E-state index in [4.69, 9.17) is 0 Å². The molecule has 2 rings (SSSR count). The maximum atomic E-state index is 13.6. The molecule has 2 aromatic rings. The van der Waals surface area contributed by atoms with Gasteiger partial charge in [-0.15, -0.1) is 0 Å². The first kappa shape index (κ1) is 13.7. The molecule has 5 heteroatoms. The molecule has 1 N–H and O–H groups in total. The zero-order chi connectivity index (χ0) is 14.0. The summed E-state index contributed by atoms with van der Waals surface area (Å²) in [5.74, 6) is -1.64. The molecule has 0 radical (unpaired) electrons. The lowest BCUT2D eigenvalue weighted by Crippen LogP contribution is -2.15. The maximum absolute atomic E-state index is 13.6. The maximum Gasteiger partial charge on any atom is 0.257 e. The number of amides is 1. The average molecular weight is 326 g/mol. The van der Waals surface area contributed by atoms with E-state index in [1.165, 1.54) is 24.3 Å². The van der Waals surface area contributed by atoms with Gasteiger partial charge in [-0.3, -0.25) is 4.79 Å². The SMILES string of the molecule is Cc1cccc(F)c1NC(=O)c1cccc(F)c1Br. The molecule has 0 unspecified atom stereocenters. The number of hydrogen-bond donors (Lipinski definition) is 1. The van der Waals surface area contributed by atoms with Crippen LogP contribution in [0.1, 0.15) is 15.9 Å². The molecule has 0 aliphatic heterocycles. The van der Waals surface area contributed by atoms with Crippen LogP contribution in [0.4, 0.5) is 14.5 Å². The van der Waals surface area contributed by atoms with Crippen molar-refractivity contribution in [2.24, 2.45) is 0 Å². The largest absolute Gasteiger partial charge is 0.319 e. The van der Waals surface area contributed by atoms with E-state index in [2.05, 4.69) is 21.2 Å². The molecule has 0 atom stereocenters. The molecule has 0 saturated heterocycles. The van der Waals surface area contributed by atoms with Crippen LogP contribution in [0.3, 0.4) is 0 Å². The third kappa shape index (κ3) is 2.81. The van der Waals surface area contributed by atoms with Crippen LogP contribution in [0.15, 0.2) is 40.9 Å². The summed E-state index contributed by atoms with van der Waals surface area (Å²) in [5.41, 5.74) is 0.812. The van der Waals surface area contributed by atoms with Crippen molar-refractivity contribution in [2.45, 2.75) is 6.92 Å². The van der Waals surface area contributed by atoms with E-state index in [1.54, 1.807) is 19.1 Å². The van der Waals surface area contributed by atoms with E-state index in [0.29, 0.717) is 5.56 Å². The highest BCUT2D eigenvalue weighted by Gasteiger charge is 2.15.